The Bertz CT molecular complexity index is 272. The third-order valence-corrected chi connectivity index (χ3v) is 3.54. The predicted octanol–water partition coefficient (Wildman–Crippen LogP) is 2.89. The van der Waals surface area contributed by atoms with Gasteiger partial charge in [0.15, 0.2) is 0 Å². The first kappa shape index (κ1) is 24.0. The summed E-state index contributed by atoms with van der Waals surface area (Å²) >= 11 is 0. The number of Topliss-reactive ketones (excluding diaryl/α,β-unsaturated/α-hetero) is 1. The molecule has 21 heavy (non-hydrogen) atoms. The van der Waals surface area contributed by atoms with Gasteiger partial charge in [-0.15, -0.1) is 0 Å². The molecule has 0 fully saturated rings. The molecule has 0 amide bonds. The van der Waals surface area contributed by atoms with Crippen molar-refractivity contribution in [2.75, 3.05) is 6.54 Å². The number of hydrogen-bond donors (Lipinski definition) is 2. The zero-order chi connectivity index (χ0) is 15.2. The zero-order valence-corrected chi connectivity index (χ0v) is 13.1. The van der Waals surface area contributed by atoms with Crippen molar-refractivity contribution in [3.05, 3.63) is 0 Å². The maximum absolute atomic E-state index is 11.5. The Labute approximate surface area is 172 Å². The molecule has 1 atom stereocenters. The Kier molecular flexibility index (Phi) is 19.5. The summed E-state index contributed by atoms with van der Waals surface area (Å²) in [5.41, 5.74) is 0. The molecule has 0 bridgehead atoms. The molecule has 2 N–H and O–H groups in total. The van der Waals surface area contributed by atoms with Gasteiger partial charge in [-0.3, -0.25) is 14.9 Å². The molecule has 0 saturated heterocycles. The van der Waals surface area contributed by atoms with E-state index in [0.29, 0.717) is 6.42 Å². The third kappa shape index (κ3) is 16.9. The van der Waals surface area contributed by atoms with Crippen LogP contribution in [-0.4, -0.2) is 80.8 Å². The number of nitrogens with one attached hydrogen (secondary N) is 1. The molecule has 0 spiro atoms. The molecular formula is C16H32KNO3. The minimum atomic E-state index is -0.916. The Morgan fingerprint density at radius 1 is 0.952 bits per heavy atom. The van der Waals surface area contributed by atoms with Gasteiger partial charge in [0.05, 0.1) is 6.54 Å². The van der Waals surface area contributed by atoms with Crippen LogP contribution in [0.15, 0.2) is 0 Å². The molecule has 0 aromatic rings. The van der Waals surface area contributed by atoms with Gasteiger partial charge in [-0.25, -0.2) is 0 Å². The van der Waals surface area contributed by atoms with Crippen molar-refractivity contribution in [2.45, 2.75) is 84.1 Å². The van der Waals surface area contributed by atoms with E-state index < -0.39 is 12.0 Å². The average Bonchev–Trinajstić information content (AvgIpc) is 2.42. The Balaban J connectivity index is 0. The first-order valence-corrected chi connectivity index (χ1v) is 8.05. The monoisotopic (exact) mass is 325 g/mol. The Morgan fingerprint density at radius 2 is 1.43 bits per heavy atom. The molecule has 0 aromatic carbocycles. The summed E-state index contributed by atoms with van der Waals surface area (Å²) in [6.45, 7) is 3.95. The second kappa shape index (κ2) is 17.1. The molecule has 0 saturated carbocycles. The summed E-state index contributed by atoms with van der Waals surface area (Å²) in [4.78, 5) is 22.1. The number of ketones is 1. The zero-order valence-electron chi connectivity index (χ0n) is 13.1. The first-order chi connectivity index (χ1) is 9.57. The molecule has 5 heteroatoms. The molecule has 0 aliphatic carbocycles. The van der Waals surface area contributed by atoms with Gasteiger partial charge in [0.25, 0.3) is 0 Å². The van der Waals surface area contributed by atoms with Crippen LogP contribution in [0, 0.1) is 0 Å². The summed E-state index contributed by atoms with van der Waals surface area (Å²) in [7, 11) is 0. The van der Waals surface area contributed by atoms with Crippen LogP contribution in [0.25, 0.3) is 0 Å². The van der Waals surface area contributed by atoms with Gasteiger partial charge in [0, 0.05) is 6.42 Å². The molecule has 0 heterocycles. The van der Waals surface area contributed by atoms with Crippen molar-refractivity contribution >= 4 is 63.1 Å². The number of carbonyl (C=O) groups is 2. The quantitative estimate of drug-likeness (QED) is 0.381. The summed E-state index contributed by atoms with van der Waals surface area (Å²) in [6, 6.07) is -0.651. The number of carboxylic acid groups (broad SMARTS) is 1. The van der Waals surface area contributed by atoms with E-state index >= 15 is 0 Å². The van der Waals surface area contributed by atoms with Crippen LogP contribution in [0.1, 0.15) is 78.1 Å². The van der Waals surface area contributed by atoms with E-state index in [1.54, 1.807) is 6.92 Å². The van der Waals surface area contributed by atoms with E-state index in [-0.39, 0.29) is 63.7 Å². The van der Waals surface area contributed by atoms with Crippen molar-refractivity contribution in [1.29, 1.82) is 0 Å². The van der Waals surface area contributed by atoms with Crippen LogP contribution in [0.5, 0.6) is 0 Å². The van der Waals surface area contributed by atoms with Crippen molar-refractivity contribution < 1.29 is 14.7 Å². The number of aliphatic carboxylic acids is 1. The second-order valence-electron chi connectivity index (χ2n) is 5.56. The molecule has 0 radical (unpaired) electrons. The van der Waals surface area contributed by atoms with E-state index in [1.807, 2.05) is 0 Å². The number of hydrogen-bond acceptors (Lipinski definition) is 3. The van der Waals surface area contributed by atoms with Crippen molar-refractivity contribution in [1.82, 2.24) is 5.32 Å². The van der Waals surface area contributed by atoms with Crippen LogP contribution in [0.4, 0.5) is 0 Å². The summed E-state index contributed by atoms with van der Waals surface area (Å²) in [5.74, 6) is -0.804. The van der Waals surface area contributed by atoms with Gasteiger partial charge in [-0.1, -0.05) is 58.3 Å². The van der Waals surface area contributed by atoms with Crippen molar-refractivity contribution in [3.8, 4) is 0 Å². The maximum atomic E-state index is 11.5. The number of carbonyl (C=O) groups excluding carboxylic acids is 1. The minimum absolute atomic E-state index is 0. The first-order valence-electron chi connectivity index (χ1n) is 8.05. The van der Waals surface area contributed by atoms with Crippen LogP contribution < -0.4 is 5.32 Å². The molecule has 1 unspecified atom stereocenters. The molecule has 0 aromatic heterocycles. The number of carboxylic acids is 1. The second-order valence-corrected chi connectivity index (χ2v) is 5.56. The molecule has 120 valence electrons. The van der Waals surface area contributed by atoms with E-state index in [1.165, 1.54) is 44.9 Å². The van der Waals surface area contributed by atoms with Gasteiger partial charge in [0.2, 0.25) is 0 Å². The van der Waals surface area contributed by atoms with Gasteiger partial charge in [-0.2, -0.15) is 0 Å². The molecule has 0 aliphatic heterocycles. The fraction of sp³-hybridized carbons (Fsp3) is 0.875. The third-order valence-electron chi connectivity index (χ3n) is 3.54. The predicted molar refractivity (Wildman–Crippen MR) is 89.1 cm³/mol. The van der Waals surface area contributed by atoms with E-state index in [4.69, 9.17) is 5.11 Å². The molecule has 0 rings (SSSR count). The summed E-state index contributed by atoms with van der Waals surface area (Å²) in [5, 5.41) is 11.4. The van der Waals surface area contributed by atoms with E-state index in [0.717, 1.165) is 12.8 Å². The molecule has 0 aliphatic rings. The van der Waals surface area contributed by atoms with E-state index in [2.05, 4.69) is 12.2 Å². The normalized spacial score (nSPS) is 11.7. The topological polar surface area (TPSA) is 66.4 Å². The van der Waals surface area contributed by atoms with Crippen LogP contribution in [0.2, 0.25) is 0 Å². The van der Waals surface area contributed by atoms with E-state index in [9.17, 15) is 9.59 Å². The van der Waals surface area contributed by atoms with Crippen LogP contribution >= 0.6 is 0 Å². The summed E-state index contributed by atoms with van der Waals surface area (Å²) < 4.78 is 0. The number of unbranched alkanes of at least 4 members (excludes halogenated alkanes) is 8. The molecular weight excluding hydrogens is 293 g/mol. The standard InChI is InChI=1S/C16H31NO3.K.H/c1-3-4-5-6-7-8-9-10-11-12-15(18)13-17-14(2)16(19)20;;/h14,17H,3-13H2,1-2H3,(H,19,20);;. The van der Waals surface area contributed by atoms with Crippen molar-refractivity contribution in [3.63, 3.8) is 0 Å². The van der Waals surface area contributed by atoms with Crippen LogP contribution in [-0.2, 0) is 9.59 Å². The fourth-order valence-corrected chi connectivity index (χ4v) is 2.08. The SMILES string of the molecule is CCCCCCCCCCCC(=O)CNC(C)C(=O)O.[KH]. The van der Waals surface area contributed by atoms with Gasteiger partial charge in [0.1, 0.15) is 11.8 Å². The van der Waals surface area contributed by atoms with Crippen LogP contribution in [0.3, 0.4) is 0 Å². The van der Waals surface area contributed by atoms with Gasteiger partial charge in [-0.05, 0) is 13.3 Å². The Morgan fingerprint density at radius 3 is 1.90 bits per heavy atom. The Hall–Kier alpha value is 0.736. The van der Waals surface area contributed by atoms with Crippen molar-refractivity contribution in [2.24, 2.45) is 0 Å². The average molecular weight is 326 g/mol. The summed E-state index contributed by atoms with van der Waals surface area (Å²) in [6.07, 6.45) is 11.7. The van der Waals surface area contributed by atoms with Gasteiger partial charge >= 0.3 is 57.4 Å². The fourth-order valence-electron chi connectivity index (χ4n) is 2.08. The van der Waals surface area contributed by atoms with Gasteiger partial charge < -0.3 is 5.11 Å². The number of rotatable bonds is 14. The molecule has 4 nitrogen and oxygen atoms in total.